The number of ether oxygens (including phenoxy) is 2. The van der Waals surface area contributed by atoms with Crippen LogP contribution < -0.4 is 27.6 Å². The first-order valence-corrected chi connectivity index (χ1v) is 12.6. The first kappa shape index (κ1) is 27.3. The maximum absolute atomic E-state index is 12.7. The number of aliphatic hydroxyl groups is 3. The summed E-state index contributed by atoms with van der Waals surface area (Å²) in [5.41, 5.74) is -2.68. The zero-order valence-corrected chi connectivity index (χ0v) is 20.2. The summed E-state index contributed by atoms with van der Waals surface area (Å²) < 4.78 is 30.7. The molecule has 2 aromatic heterocycles. The monoisotopic (exact) mass is 547 g/mol. The lowest BCUT2D eigenvalue weighted by Gasteiger charge is -2.22. The van der Waals surface area contributed by atoms with Gasteiger partial charge in [0.1, 0.15) is 24.5 Å². The van der Waals surface area contributed by atoms with Gasteiger partial charge >= 0.3 is 19.1 Å². The van der Waals surface area contributed by atoms with E-state index >= 15 is 0 Å². The van der Waals surface area contributed by atoms with Gasteiger partial charge in [-0.3, -0.25) is 33.2 Å². The van der Waals surface area contributed by atoms with Crippen molar-refractivity contribution in [2.75, 3.05) is 13.2 Å². The smallest absolute Gasteiger partial charge is 0.394 e. The van der Waals surface area contributed by atoms with Gasteiger partial charge in [0, 0.05) is 30.4 Å². The summed E-state index contributed by atoms with van der Waals surface area (Å²) in [5, 5.41) is 32.5. The highest BCUT2D eigenvalue weighted by Crippen LogP contribution is 2.42. The number of nitrogens with one attached hydrogen (secondary N) is 3. The minimum atomic E-state index is -4.62. The van der Waals surface area contributed by atoms with Gasteiger partial charge in [0.05, 0.1) is 25.4 Å². The van der Waals surface area contributed by atoms with Gasteiger partial charge in [-0.15, -0.1) is 0 Å². The van der Waals surface area contributed by atoms with E-state index in [-0.39, 0.29) is 12.0 Å². The molecule has 0 aliphatic carbocycles. The number of H-pyrrole nitrogens is 2. The fraction of sp³-hybridized carbons (Fsp3) is 0.579. The molecule has 1 unspecified atom stereocenters. The standard InChI is InChI=1S/C19H26N5O12P/c1-8-5-24(19(31)21-16(8)29)13-4-9(10(6-25)35-13)22-37(32,33)34-7-11-14(27)15(28)17(36-11)23-3-2-12(26)20-18(23)30/h2-3,5,9-11,13-15,17,25,27-28H,4,6-7H2,1H3,(H,20,26,30)(H,21,29,31)(H2,22,32,33)/t9-,10+,11+,13+,14+,15+,17+/m0/s1. The third kappa shape index (κ3) is 5.74. The first-order chi connectivity index (χ1) is 17.4. The van der Waals surface area contributed by atoms with Crippen molar-refractivity contribution < 1.29 is 38.8 Å². The highest BCUT2D eigenvalue weighted by molar-refractivity contribution is 7.50. The van der Waals surface area contributed by atoms with Crippen molar-refractivity contribution in [1.29, 1.82) is 0 Å². The average molecular weight is 547 g/mol. The predicted molar refractivity (Wildman–Crippen MR) is 122 cm³/mol. The Balaban J connectivity index is 1.41. The van der Waals surface area contributed by atoms with E-state index in [0.717, 1.165) is 21.4 Å². The van der Waals surface area contributed by atoms with E-state index in [9.17, 15) is 44.0 Å². The van der Waals surface area contributed by atoms with Gasteiger partial charge in [0.15, 0.2) is 6.23 Å². The number of aromatic amines is 2. The molecule has 7 N–H and O–H groups in total. The third-order valence-electron chi connectivity index (χ3n) is 6.08. The Kier molecular flexibility index (Phi) is 7.80. The zero-order valence-electron chi connectivity index (χ0n) is 19.3. The molecule has 2 aromatic rings. The van der Waals surface area contributed by atoms with E-state index in [0.29, 0.717) is 0 Å². The number of aromatic nitrogens is 4. The summed E-state index contributed by atoms with van der Waals surface area (Å²) in [6.45, 7) is 0.220. The molecule has 4 rings (SSSR count). The van der Waals surface area contributed by atoms with Crippen molar-refractivity contribution in [1.82, 2.24) is 24.2 Å². The molecule has 8 atom stereocenters. The van der Waals surface area contributed by atoms with Crippen LogP contribution in [0.2, 0.25) is 0 Å². The van der Waals surface area contributed by atoms with Gasteiger partial charge < -0.3 is 29.7 Å². The second-order valence-electron chi connectivity index (χ2n) is 8.64. The minimum absolute atomic E-state index is 0.0526. The Morgan fingerprint density at radius 2 is 1.81 bits per heavy atom. The van der Waals surface area contributed by atoms with Crippen molar-refractivity contribution in [3.05, 3.63) is 65.7 Å². The van der Waals surface area contributed by atoms with Crippen LogP contribution in [0.5, 0.6) is 0 Å². The molecule has 0 bridgehead atoms. The maximum atomic E-state index is 12.7. The lowest BCUT2D eigenvalue weighted by molar-refractivity contribution is -0.0531. The summed E-state index contributed by atoms with van der Waals surface area (Å²) in [6.07, 6.45) is -5.66. The molecule has 2 saturated heterocycles. The summed E-state index contributed by atoms with van der Waals surface area (Å²) in [4.78, 5) is 61.4. The van der Waals surface area contributed by atoms with Gasteiger partial charge in [-0.05, 0) is 6.92 Å². The van der Waals surface area contributed by atoms with Crippen molar-refractivity contribution in [3.8, 4) is 0 Å². The van der Waals surface area contributed by atoms with Gasteiger partial charge in [-0.2, -0.15) is 0 Å². The molecule has 18 heteroatoms. The Morgan fingerprint density at radius 1 is 1.11 bits per heavy atom. The Hall–Kier alpha value is -2.73. The van der Waals surface area contributed by atoms with Gasteiger partial charge in [-0.1, -0.05) is 0 Å². The van der Waals surface area contributed by atoms with E-state index in [1.807, 2.05) is 4.98 Å². The second kappa shape index (κ2) is 10.6. The molecule has 0 radical (unpaired) electrons. The van der Waals surface area contributed by atoms with Crippen LogP contribution >= 0.6 is 7.75 Å². The molecule has 37 heavy (non-hydrogen) atoms. The molecule has 204 valence electrons. The quantitative estimate of drug-likeness (QED) is 0.158. The molecule has 0 amide bonds. The Morgan fingerprint density at radius 3 is 2.49 bits per heavy atom. The van der Waals surface area contributed by atoms with Crippen LogP contribution in [0.1, 0.15) is 24.4 Å². The number of hydrogen-bond donors (Lipinski definition) is 7. The second-order valence-corrected chi connectivity index (χ2v) is 10.2. The number of hydrogen-bond acceptors (Lipinski definition) is 11. The molecule has 17 nitrogen and oxygen atoms in total. The molecule has 2 aliphatic heterocycles. The molecular weight excluding hydrogens is 521 g/mol. The third-order valence-corrected chi connectivity index (χ3v) is 7.23. The van der Waals surface area contributed by atoms with E-state index in [4.69, 9.17) is 14.0 Å². The van der Waals surface area contributed by atoms with Crippen molar-refractivity contribution >= 4 is 7.75 Å². The predicted octanol–water partition coefficient (Wildman–Crippen LogP) is -3.63. The normalized spacial score (nSPS) is 31.4. The summed E-state index contributed by atoms with van der Waals surface area (Å²) in [5.74, 6) is 0. The van der Waals surface area contributed by atoms with Crippen LogP contribution in [0.4, 0.5) is 0 Å². The first-order valence-electron chi connectivity index (χ1n) is 11.1. The van der Waals surface area contributed by atoms with Crippen LogP contribution in [0.25, 0.3) is 0 Å². The highest BCUT2D eigenvalue weighted by Gasteiger charge is 2.46. The lowest BCUT2D eigenvalue weighted by Crippen LogP contribution is -2.38. The van der Waals surface area contributed by atoms with Crippen molar-refractivity contribution in [2.24, 2.45) is 0 Å². The van der Waals surface area contributed by atoms with Gasteiger partial charge in [0.25, 0.3) is 11.1 Å². The van der Waals surface area contributed by atoms with Crippen LogP contribution in [-0.4, -0.2) is 83.0 Å². The minimum Gasteiger partial charge on any atom is -0.394 e. The molecule has 2 aliphatic rings. The molecule has 0 saturated carbocycles. The van der Waals surface area contributed by atoms with Gasteiger partial charge in [0.2, 0.25) is 0 Å². The van der Waals surface area contributed by atoms with E-state index in [1.165, 1.54) is 13.1 Å². The molecular formula is C19H26N5O12P. The van der Waals surface area contributed by atoms with Gasteiger partial charge in [-0.25, -0.2) is 19.2 Å². The number of aryl methyl sites for hydroxylation is 1. The Bertz CT molecular complexity index is 1420. The molecule has 0 spiro atoms. The van der Waals surface area contributed by atoms with Crippen LogP contribution in [0.15, 0.2) is 37.6 Å². The van der Waals surface area contributed by atoms with Crippen molar-refractivity contribution in [3.63, 3.8) is 0 Å². The highest BCUT2D eigenvalue weighted by atomic mass is 31.2. The fourth-order valence-corrected chi connectivity index (χ4v) is 5.27. The zero-order chi connectivity index (χ0) is 27.1. The van der Waals surface area contributed by atoms with Crippen LogP contribution in [0, 0.1) is 6.92 Å². The number of nitrogens with zero attached hydrogens (tertiary/aromatic N) is 2. The van der Waals surface area contributed by atoms with Crippen LogP contribution in [-0.2, 0) is 18.6 Å². The van der Waals surface area contributed by atoms with E-state index < -0.39 is 86.4 Å². The van der Waals surface area contributed by atoms with Crippen LogP contribution in [0.3, 0.4) is 0 Å². The van der Waals surface area contributed by atoms with E-state index in [1.54, 1.807) is 0 Å². The lowest BCUT2D eigenvalue weighted by atomic mass is 10.1. The largest absolute Gasteiger partial charge is 0.403 e. The molecule has 4 heterocycles. The maximum Gasteiger partial charge on any atom is 0.403 e. The average Bonchev–Trinajstić information content (AvgIpc) is 3.35. The molecule has 0 aromatic carbocycles. The Labute approximate surface area is 206 Å². The fourth-order valence-electron chi connectivity index (χ4n) is 4.15. The number of aliphatic hydroxyl groups excluding tert-OH is 3. The summed E-state index contributed by atoms with van der Waals surface area (Å²) >= 11 is 0. The summed E-state index contributed by atoms with van der Waals surface area (Å²) in [7, 11) is -4.62. The molecule has 2 fully saturated rings. The SMILES string of the molecule is Cc1cn([C@H]2C[C@H](NP(=O)(O)OC[C@H]3O[C@@H](n4ccc(=O)[nH]c4=O)[C@H](O)[C@@H]3O)[C@@H](CO)O2)c(=O)[nH]c1=O. The van der Waals surface area contributed by atoms with E-state index in [2.05, 4.69) is 10.1 Å². The number of rotatable bonds is 8. The summed E-state index contributed by atoms with van der Waals surface area (Å²) in [6, 6.07) is 0.0497. The van der Waals surface area contributed by atoms with Crippen molar-refractivity contribution in [2.45, 2.75) is 56.3 Å². The topological polar surface area (TPSA) is 247 Å².